The SMILES string of the molecule is C/C=C\C(=C/C)COc1c(C)nn(CCC#N)c1-c1nncn1Cc1ccc(OC)cc1. The Hall–Kier alpha value is -3.86. The van der Waals surface area contributed by atoms with Crippen molar-refractivity contribution in [1.29, 1.82) is 5.26 Å². The van der Waals surface area contributed by atoms with Crippen molar-refractivity contribution in [1.82, 2.24) is 24.5 Å². The first-order chi connectivity index (χ1) is 15.6. The highest BCUT2D eigenvalue weighted by Gasteiger charge is 2.23. The number of aromatic nitrogens is 5. The highest BCUT2D eigenvalue weighted by Crippen LogP contribution is 2.33. The first-order valence-electron chi connectivity index (χ1n) is 10.5. The Balaban J connectivity index is 1.98. The second-order valence-electron chi connectivity index (χ2n) is 7.18. The zero-order valence-corrected chi connectivity index (χ0v) is 18.9. The van der Waals surface area contributed by atoms with E-state index in [1.54, 1.807) is 18.1 Å². The maximum absolute atomic E-state index is 9.10. The molecule has 0 saturated heterocycles. The molecule has 32 heavy (non-hydrogen) atoms. The summed E-state index contributed by atoms with van der Waals surface area (Å²) >= 11 is 0. The van der Waals surface area contributed by atoms with Gasteiger partial charge in [0.15, 0.2) is 11.6 Å². The largest absolute Gasteiger partial charge is 0.497 e. The van der Waals surface area contributed by atoms with E-state index in [1.807, 2.05) is 67.8 Å². The summed E-state index contributed by atoms with van der Waals surface area (Å²) in [6.45, 7) is 7.28. The van der Waals surface area contributed by atoms with Gasteiger partial charge in [-0.2, -0.15) is 10.4 Å². The Morgan fingerprint density at radius 3 is 2.66 bits per heavy atom. The summed E-state index contributed by atoms with van der Waals surface area (Å²) in [5.74, 6) is 2.10. The standard InChI is InChI=1S/C24H28N6O2/c1-5-8-19(6-2)16-32-23-18(3)28-30(14-7-13-25)22(23)24-27-26-17-29(24)15-20-9-11-21(31-4)12-10-20/h5-6,8-12,17H,7,14-16H2,1-4H3/b8-5-,19-6+. The van der Waals surface area contributed by atoms with Crippen LogP contribution < -0.4 is 9.47 Å². The van der Waals surface area contributed by atoms with Crippen molar-refractivity contribution in [2.75, 3.05) is 13.7 Å². The van der Waals surface area contributed by atoms with Gasteiger partial charge in [0.25, 0.3) is 0 Å². The monoisotopic (exact) mass is 432 g/mol. The van der Waals surface area contributed by atoms with E-state index >= 15 is 0 Å². The number of nitriles is 1. The maximum atomic E-state index is 9.10. The van der Waals surface area contributed by atoms with Crippen LogP contribution in [-0.4, -0.2) is 38.3 Å². The fraction of sp³-hybridized carbons (Fsp3) is 0.333. The lowest BCUT2D eigenvalue weighted by molar-refractivity contribution is 0.353. The quantitative estimate of drug-likeness (QED) is 0.443. The predicted octanol–water partition coefficient (Wildman–Crippen LogP) is 4.32. The lowest BCUT2D eigenvalue weighted by atomic mass is 10.2. The van der Waals surface area contributed by atoms with E-state index in [-0.39, 0.29) is 0 Å². The van der Waals surface area contributed by atoms with Crippen LogP contribution >= 0.6 is 0 Å². The molecule has 0 spiro atoms. The minimum Gasteiger partial charge on any atom is -0.497 e. The molecule has 0 aliphatic rings. The normalized spacial score (nSPS) is 11.7. The number of rotatable bonds is 10. The van der Waals surface area contributed by atoms with E-state index in [9.17, 15) is 0 Å². The highest BCUT2D eigenvalue weighted by molar-refractivity contribution is 5.62. The fourth-order valence-corrected chi connectivity index (χ4v) is 3.35. The minimum absolute atomic E-state index is 0.332. The van der Waals surface area contributed by atoms with Crippen LogP contribution in [0.3, 0.4) is 0 Å². The number of hydrogen-bond acceptors (Lipinski definition) is 6. The van der Waals surface area contributed by atoms with Crippen molar-refractivity contribution in [3.8, 4) is 29.1 Å². The Morgan fingerprint density at radius 2 is 2.00 bits per heavy atom. The number of methoxy groups -OCH3 is 1. The van der Waals surface area contributed by atoms with Crippen LogP contribution in [0.2, 0.25) is 0 Å². The van der Waals surface area contributed by atoms with Gasteiger partial charge in [0.2, 0.25) is 0 Å². The molecule has 2 aromatic heterocycles. The summed E-state index contributed by atoms with van der Waals surface area (Å²) in [4.78, 5) is 0. The van der Waals surface area contributed by atoms with Crippen LogP contribution in [-0.2, 0) is 13.1 Å². The fourth-order valence-electron chi connectivity index (χ4n) is 3.35. The summed E-state index contributed by atoms with van der Waals surface area (Å²) < 4.78 is 15.2. The van der Waals surface area contributed by atoms with E-state index in [0.717, 1.165) is 28.3 Å². The summed E-state index contributed by atoms with van der Waals surface area (Å²) in [6.07, 6.45) is 8.03. The Labute approximate surface area is 188 Å². The topological polar surface area (TPSA) is 90.8 Å². The Morgan fingerprint density at radius 1 is 1.22 bits per heavy atom. The van der Waals surface area contributed by atoms with E-state index in [0.29, 0.717) is 37.7 Å². The van der Waals surface area contributed by atoms with Gasteiger partial charge in [0.05, 0.1) is 32.7 Å². The molecule has 0 fully saturated rings. The molecule has 2 heterocycles. The van der Waals surface area contributed by atoms with E-state index in [2.05, 4.69) is 21.4 Å². The third-order valence-corrected chi connectivity index (χ3v) is 4.98. The molecule has 0 bridgehead atoms. The van der Waals surface area contributed by atoms with Crippen molar-refractivity contribution < 1.29 is 9.47 Å². The maximum Gasteiger partial charge on any atom is 0.186 e. The zero-order valence-electron chi connectivity index (χ0n) is 18.9. The van der Waals surface area contributed by atoms with Crippen LogP contribution in [0, 0.1) is 18.3 Å². The summed E-state index contributed by atoms with van der Waals surface area (Å²) in [5.41, 5.74) is 3.60. The number of ether oxygens (including phenoxy) is 2. The third kappa shape index (κ3) is 5.24. The van der Waals surface area contributed by atoms with E-state index in [1.165, 1.54) is 0 Å². The molecule has 0 aliphatic heterocycles. The van der Waals surface area contributed by atoms with Gasteiger partial charge in [0, 0.05) is 0 Å². The molecule has 1 aromatic carbocycles. The second kappa shape index (κ2) is 11.0. The number of hydrogen-bond donors (Lipinski definition) is 0. The summed E-state index contributed by atoms with van der Waals surface area (Å²) in [5, 5.41) is 22.3. The number of allylic oxidation sites excluding steroid dienone is 2. The summed E-state index contributed by atoms with van der Waals surface area (Å²) in [6, 6.07) is 10.1. The Bertz CT molecular complexity index is 1130. The highest BCUT2D eigenvalue weighted by atomic mass is 16.5. The van der Waals surface area contributed by atoms with Crippen molar-refractivity contribution in [2.24, 2.45) is 0 Å². The molecule has 0 radical (unpaired) electrons. The van der Waals surface area contributed by atoms with Crippen molar-refractivity contribution >= 4 is 0 Å². The molecule has 0 unspecified atom stereocenters. The van der Waals surface area contributed by atoms with Crippen LogP contribution in [0.1, 0.15) is 31.5 Å². The van der Waals surface area contributed by atoms with Gasteiger partial charge in [-0.25, -0.2) is 0 Å². The van der Waals surface area contributed by atoms with Gasteiger partial charge < -0.3 is 14.0 Å². The van der Waals surface area contributed by atoms with Gasteiger partial charge in [-0.3, -0.25) is 4.68 Å². The van der Waals surface area contributed by atoms with Crippen molar-refractivity contribution in [2.45, 2.75) is 40.3 Å². The van der Waals surface area contributed by atoms with E-state index < -0.39 is 0 Å². The molecule has 3 rings (SSSR count). The molecule has 8 nitrogen and oxygen atoms in total. The molecule has 0 atom stereocenters. The van der Waals surface area contributed by atoms with Gasteiger partial charge in [-0.05, 0) is 44.0 Å². The lowest BCUT2D eigenvalue weighted by Gasteiger charge is -2.12. The van der Waals surface area contributed by atoms with Gasteiger partial charge >= 0.3 is 0 Å². The van der Waals surface area contributed by atoms with Gasteiger partial charge in [-0.1, -0.05) is 30.4 Å². The average Bonchev–Trinajstić information content (AvgIpc) is 3.38. The zero-order chi connectivity index (χ0) is 22.9. The number of nitrogens with zero attached hydrogens (tertiary/aromatic N) is 6. The third-order valence-electron chi connectivity index (χ3n) is 4.98. The number of aryl methyl sites for hydroxylation is 2. The van der Waals surface area contributed by atoms with Gasteiger partial charge in [-0.15, -0.1) is 10.2 Å². The molecule has 166 valence electrons. The second-order valence-corrected chi connectivity index (χ2v) is 7.18. The van der Waals surface area contributed by atoms with Crippen LogP contribution in [0.4, 0.5) is 0 Å². The van der Waals surface area contributed by atoms with Crippen molar-refractivity contribution in [3.05, 3.63) is 65.7 Å². The van der Waals surface area contributed by atoms with Crippen LogP contribution in [0.15, 0.2) is 54.4 Å². The molecule has 8 heteroatoms. The molecule has 0 saturated carbocycles. The first kappa shape index (κ1) is 22.8. The predicted molar refractivity (Wildman–Crippen MR) is 122 cm³/mol. The molecule has 3 aromatic rings. The first-order valence-corrected chi connectivity index (χ1v) is 10.5. The molecule has 0 aliphatic carbocycles. The molecular formula is C24H28N6O2. The number of benzene rings is 1. The van der Waals surface area contributed by atoms with Crippen LogP contribution in [0.5, 0.6) is 11.5 Å². The molecule has 0 N–H and O–H groups in total. The average molecular weight is 433 g/mol. The lowest BCUT2D eigenvalue weighted by Crippen LogP contribution is -2.09. The van der Waals surface area contributed by atoms with E-state index in [4.69, 9.17) is 14.7 Å². The molecular weight excluding hydrogens is 404 g/mol. The van der Waals surface area contributed by atoms with Crippen molar-refractivity contribution in [3.63, 3.8) is 0 Å². The summed E-state index contributed by atoms with van der Waals surface area (Å²) in [7, 11) is 1.65. The smallest absolute Gasteiger partial charge is 0.186 e. The van der Waals surface area contributed by atoms with Crippen LogP contribution in [0.25, 0.3) is 11.5 Å². The minimum atomic E-state index is 0.332. The Kier molecular flexibility index (Phi) is 7.81. The van der Waals surface area contributed by atoms with Gasteiger partial charge in [0.1, 0.15) is 30.1 Å². The molecule has 0 amide bonds.